The van der Waals surface area contributed by atoms with Gasteiger partial charge in [-0.05, 0) is 56.2 Å². The summed E-state index contributed by atoms with van der Waals surface area (Å²) >= 11 is 12.1. The molecule has 0 aliphatic carbocycles. The van der Waals surface area contributed by atoms with E-state index in [4.69, 9.17) is 27.9 Å². The van der Waals surface area contributed by atoms with E-state index in [9.17, 15) is 18.0 Å². The molecule has 0 radical (unpaired) electrons. The van der Waals surface area contributed by atoms with Crippen molar-refractivity contribution in [1.82, 2.24) is 4.31 Å². The second-order valence-electron chi connectivity index (χ2n) is 7.02. The lowest BCUT2D eigenvalue weighted by Crippen LogP contribution is -2.41. The van der Waals surface area contributed by atoms with Gasteiger partial charge in [-0.3, -0.25) is 4.79 Å². The zero-order valence-electron chi connectivity index (χ0n) is 16.8. The SMILES string of the molecule is CCOC(=O)c1ccc(NC(=O)C2CCN(S(=O)(=O)c3c(Cl)cccc3Cl)CC2)cc1. The van der Waals surface area contributed by atoms with Gasteiger partial charge in [-0.1, -0.05) is 29.3 Å². The van der Waals surface area contributed by atoms with Crippen LogP contribution < -0.4 is 5.32 Å². The molecule has 2 aromatic rings. The Morgan fingerprint density at radius 1 is 1.06 bits per heavy atom. The van der Waals surface area contributed by atoms with Crippen LogP contribution in [-0.4, -0.2) is 44.3 Å². The number of piperidine rings is 1. The van der Waals surface area contributed by atoms with Crippen LogP contribution in [0.1, 0.15) is 30.1 Å². The van der Waals surface area contributed by atoms with Crippen molar-refractivity contribution in [3.8, 4) is 0 Å². The first-order valence-electron chi connectivity index (χ1n) is 9.76. The first kappa shape index (κ1) is 23.5. The summed E-state index contributed by atoms with van der Waals surface area (Å²) in [5.41, 5.74) is 0.951. The summed E-state index contributed by atoms with van der Waals surface area (Å²) in [6, 6.07) is 11.0. The molecular formula is C21H22Cl2N2O5S. The maximum atomic E-state index is 12.9. The molecule has 10 heteroatoms. The lowest BCUT2D eigenvalue weighted by atomic mass is 9.97. The topological polar surface area (TPSA) is 92.8 Å². The molecule has 0 saturated carbocycles. The minimum Gasteiger partial charge on any atom is -0.462 e. The van der Waals surface area contributed by atoms with Crippen molar-refractivity contribution in [2.24, 2.45) is 5.92 Å². The third-order valence-electron chi connectivity index (χ3n) is 5.01. The molecule has 166 valence electrons. The van der Waals surface area contributed by atoms with E-state index in [1.807, 2.05) is 0 Å². The van der Waals surface area contributed by atoms with Gasteiger partial charge in [-0.25, -0.2) is 13.2 Å². The van der Waals surface area contributed by atoms with E-state index in [0.717, 1.165) is 0 Å². The van der Waals surface area contributed by atoms with Crippen LogP contribution in [0.5, 0.6) is 0 Å². The molecule has 0 spiro atoms. The number of ether oxygens (including phenoxy) is 1. The molecule has 0 bridgehead atoms. The molecule has 0 atom stereocenters. The Morgan fingerprint density at radius 2 is 1.65 bits per heavy atom. The molecular weight excluding hydrogens is 463 g/mol. The number of hydrogen-bond donors (Lipinski definition) is 1. The van der Waals surface area contributed by atoms with Crippen molar-refractivity contribution < 1.29 is 22.7 Å². The van der Waals surface area contributed by atoms with E-state index in [1.54, 1.807) is 37.3 Å². The molecule has 1 aliphatic heterocycles. The summed E-state index contributed by atoms with van der Waals surface area (Å²) in [6.45, 7) is 2.38. The van der Waals surface area contributed by atoms with E-state index in [0.29, 0.717) is 24.1 Å². The summed E-state index contributed by atoms with van der Waals surface area (Å²) in [6.07, 6.45) is 0.738. The number of rotatable bonds is 6. The number of sulfonamides is 1. The van der Waals surface area contributed by atoms with E-state index >= 15 is 0 Å². The molecule has 31 heavy (non-hydrogen) atoms. The van der Waals surface area contributed by atoms with Crippen molar-refractivity contribution in [1.29, 1.82) is 0 Å². The van der Waals surface area contributed by atoms with Crippen LogP contribution in [0.2, 0.25) is 10.0 Å². The standard InChI is InChI=1S/C21H22Cl2N2O5S/c1-2-30-21(27)15-6-8-16(9-7-15)24-20(26)14-10-12-25(13-11-14)31(28,29)19-17(22)4-3-5-18(19)23/h3-9,14H,2,10-13H2,1H3,(H,24,26). The molecule has 3 rings (SSSR count). The number of amides is 1. The quantitative estimate of drug-likeness (QED) is 0.619. The Balaban J connectivity index is 1.60. The van der Waals surface area contributed by atoms with Gasteiger partial charge in [0.2, 0.25) is 15.9 Å². The van der Waals surface area contributed by atoms with Gasteiger partial charge < -0.3 is 10.1 Å². The number of halogens is 2. The van der Waals surface area contributed by atoms with Crippen molar-refractivity contribution in [3.63, 3.8) is 0 Å². The van der Waals surface area contributed by atoms with E-state index in [2.05, 4.69) is 5.32 Å². The zero-order chi connectivity index (χ0) is 22.6. The molecule has 0 aromatic heterocycles. The molecule has 0 unspecified atom stereocenters. The molecule has 1 heterocycles. The van der Waals surface area contributed by atoms with Crippen LogP contribution in [0.25, 0.3) is 0 Å². The predicted molar refractivity (Wildman–Crippen MR) is 119 cm³/mol. The number of hydrogen-bond acceptors (Lipinski definition) is 5. The van der Waals surface area contributed by atoms with Crippen molar-refractivity contribution in [3.05, 3.63) is 58.1 Å². The predicted octanol–water partition coefficient (Wildman–Crippen LogP) is 4.21. The normalized spacial score (nSPS) is 15.5. The summed E-state index contributed by atoms with van der Waals surface area (Å²) in [5.74, 6) is -0.956. The number of esters is 1. The largest absolute Gasteiger partial charge is 0.462 e. The molecule has 1 saturated heterocycles. The van der Waals surface area contributed by atoms with Crippen molar-refractivity contribution >= 4 is 50.8 Å². The minimum atomic E-state index is -3.86. The van der Waals surface area contributed by atoms with Crippen molar-refractivity contribution in [2.75, 3.05) is 25.0 Å². The smallest absolute Gasteiger partial charge is 0.338 e. The summed E-state index contributed by atoms with van der Waals surface area (Å²) < 4.78 is 32.1. The van der Waals surface area contributed by atoms with Gasteiger partial charge in [0.15, 0.2) is 0 Å². The molecule has 1 amide bonds. The van der Waals surface area contributed by atoms with Crippen LogP contribution in [0.3, 0.4) is 0 Å². The number of anilines is 1. The minimum absolute atomic E-state index is 0.0682. The third kappa shape index (κ3) is 5.38. The second kappa shape index (κ2) is 9.99. The van der Waals surface area contributed by atoms with Gasteiger partial charge in [0.05, 0.1) is 22.2 Å². The number of nitrogens with zero attached hydrogens (tertiary/aromatic N) is 1. The highest BCUT2D eigenvalue weighted by molar-refractivity contribution is 7.89. The Hall–Kier alpha value is -2.13. The summed E-state index contributed by atoms with van der Waals surface area (Å²) in [5, 5.41) is 2.95. The highest BCUT2D eigenvalue weighted by atomic mass is 35.5. The average Bonchev–Trinajstić information content (AvgIpc) is 2.74. The molecule has 7 nitrogen and oxygen atoms in total. The van der Waals surface area contributed by atoms with Crippen LogP contribution in [0.15, 0.2) is 47.4 Å². The number of carbonyl (C=O) groups excluding carboxylic acids is 2. The number of benzene rings is 2. The monoisotopic (exact) mass is 484 g/mol. The van der Waals surface area contributed by atoms with Gasteiger partial charge >= 0.3 is 5.97 Å². The highest BCUT2D eigenvalue weighted by Crippen LogP contribution is 2.33. The molecule has 1 aliphatic rings. The van der Waals surface area contributed by atoms with Crippen LogP contribution in [0, 0.1) is 5.92 Å². The van der Waals surface area contributed by atoms with Gasteiger partial charge in [-0.15, -0.1) is 0 Å². The Kier molecular flexibility index (Phi) is 7.59. The third-order valence-corrected chi connectivity index (χ3v) is 7.86. The Bertz CT molecular complexity index is 1050. The fourth-order valence-electron chi connectivity index (χ4n) is 3.36. The number of nitrogens with one attached hydrogen (secondary N) is 1. The lowest BCUT2D eigenvalue weighted by Gasteiger charge is -2.31. The second-order valence-corrected chi connectivity index (χ2v) is 9.71. The van der Waals surface area contributed by atoms with E-state index < -0.39 is 16.0 Å². The Labute approximate surface area is 191 Å². The summed E-state index contributed by atoms with van der Waals surface area (Å²) in [7, 11) is -3.86. The van der Waals surface area contributed by atoms with Gasteiger partial charge in [0.25, 0.3) is 0 Å². The van der Waals surface area contributed by atoms with Gasteiger partial charge in [-0.2, -0.15) is 4.31 Å². The maximum Gasteiger partial charge on any atom is 0.338 e. The van der Waals surface area contributed by atoms with Crippen LogP contribution in [0.4, 0.5) is 5.69 Å². The zero-order valence-corrected chi connectivity index (χ0v) is 19.1. The fraction of sp³-hybridized carbons (Fsp3) is 0.333. The first-order chi connectivity index (χ1) is 14.7. The van der Waals surface area contributed by atoms with Crippen LogP contribution in [-0.2, 0) is 19.6 Å². The van der Waals surface area contributed by atoms with Gasteiger partial charge in [0, 0.05) is 24.7 Å². The molecule has 1 fully saturated rings. The fourth-order valence-corrected chi connectivity index (χ4v) is 5.93. The maximum absolute atomic E-state index is 12.9. The average molecular weight is 485 g/mol. The highest BCUT2D eigenvalue weighted by Gasteiger charge is 2.34. The van der Waals surface area contributed by atoms with E-state index in [-0.39, 0.29) is 46.5 Å². The first-order valence-corrected chi connectivity index (χ1v) is 12.0. The van der Waals surface area contributed by atoms with Crippen LogP contribution >= 0.6 is 23.2 Å². The summed E-state index contributed by atoms with van der Waals surface area (Å²) in [4.78, 5) is 24.2. The number of carbonyl (C=O) groups is 2. The Morgan fingerprint density at radius 3 is 2.19 bits per heavy atom. The molecule has 2 aromatic carbocycles. The van der Waals surface area contributed by atoms with Crippen molar-refractivity contribution in [2.45, 2.75) is 24.7 Å². The lowest BCUT2D eigenvalue weighted by molar-refractivity contribution is -0.120. The van der Waals surface area contributed by atoms with E-state index in [1.165, 1.54) is 16.4 Å². The molecule has 1 N–H and O–H groups in total. The van der Waals surface area contributed by atoms with Gasteiger partial charge in [0.1, 0.15) is 4.90 Å².